The molecule has 4 aromatic rings. The predicted molar refractivity (Wildman–Crippen MR) is 91.7 cm³/mol. The maximum Gasteiger partial charge on any atom is 0.0594 e. The molecule has 21 heavy (non-hydrogen) atoms. The third-order valence-electron chi connectivity index (χ3n) is 4.99. The van der Waals surface area contributed by atoms with Crippen LogP contribution in [0.2, 0.25) is 0 Å². The van der Waals surface area contributed by atoms with E-state index < -0.39 is 0 Å². The molecule has 1 unspecified atom stereocenters. The molecule has 0 amide bonds. The maximum atomic E-state index is 6.67. The number of aryl methyl sites for hydroxylation is 1. The van der Waals surface area contributed by atoms with Crippen molar-refractivity contribution in [1.82, 2.24) is 0 Å². The van der Waals surface area contributed by atoms with Gasteiger partial charge in [0.25, 0.3) is 0 Å². The molecule has 0 fully saturated rings. The Morgan fingerprint density at radius 2 is 1.62 bits per heavy atom. The van der Waals surface area contributed by atoms with Gasteiger partial charge < -0.3 is 0 Å². The van der Waals surface area contributed by atoms with Crippen molar-refractivity contribution in [2.45, 2.75) is 24.6 Å². The van der Waals surface area contributed by atoms with Crippen LogP contribution in [0.3, 0.4) is 0 Å². The number of fused-ring (bicyclic) bond motifs is 2. The number of benzene rings is 4. The first-order valence-corrected chi connectivity index (χ1v) is 8.10. The fourth-order valence-electron chi connectivity index (χ4n) is 4.09. The smallest absolute Gasteiger partial charge is 0.0594 e. The van der Waals surface area contributed by atoms with Crippen molar-refractivity contribution in [1.29, 1.82) is 0 Å². The minimum absolute atomic E-state index is 0.165. The molecule has 0 saturated carbocycles. The highest BCUT2D eigenvalue weighted by Gasteiger charge is 2.22. The molecule has 1 aliphatic carbocycles. The van der Waals surface area contributed by atoms with Gasteiger partial charge in [-0.3, -0.25) is 0 Å². The Balaban J connectivity index is 2.08. The normalized spacial score (nSPS) is 18.6. The molecule has 0 saturated heterocycles. The molecular formula is C20H15Cl. The molecule has 0 aliphatic heterocycles. The van der Waals surface area contributed by atoms with E-state index in [-0.39, 0.29) is 5.38 Å². The Hall–Kier alpha value is -1.79. The molecule has 0 aromatic heterocycles. The Kier molecular flexibility index (Phi) is 2.32. The van der Waals surface area contributed by atoms with Gasteiger partial charge >= 0.3 is 0 Å². The Bertz CT molecular complexity index is 968. The van der Waals surface area contributed by atoms with Crippen molar-refractivity contribution in [3.63, 3.8) is 0 Å². The van der Waals surface area contributed by atoms with E-state index >= 15 is 0 Å². The number of alkyl halides is 1. The standard InChI is InChI=1S/C20H15Cl/c21-17-6-2-5-14-11-15-8-7-12-3-1-4-13-9-10-16(19(14)17)20(15)18(12)13/h1,3-4,7-11,17H,2,5-6H2. The number of rotatable bonds is 0. The summed E-state index contributed by atoms with van der Waals surface area (Å²) >= 11 is 6.67. The SMILES string of the molecule is ClC1CCCc2cc3ccc4cccc5ccc(c21)c3c45. The molecule has 0 heterocycles. The van der Waals surface area contributed by atoms with Crippen LogP contribution < -0.4 is 0 Å². The highest BCUT2D eigenvalue weighted by molar-refractivity contribution is 6.27. The molecule has 0 bridgehead atoms. The van der Waals surface area contributed by atoms with Crippen LogP contribution in [-0.2, 0) is 6.42 Å². The van der Waals surface area contributed by atoms with Crippen LogP contribution in [0.1, 0.15) is 29.3 Å². The minimum Gasteiger partial charge on any atom is -0.118 e. The molecule has 0 nitrogen and oxygen atoms in total. The second-order valence-corrected chi connectivity index (χ2v) is 6.69. The van der Waals surface area contributed by atoms with Gasteiger partial charge in [-0.1, -0.05) is 48.5 Å². The average molecular weight is 291 g/mol. The van der Waals surface area contributed by atoms with E-state index in [2.05, 4.69) is 48.5 Å². The monoisotopic (exact) mass is 290 g/mol. The van der Waals surface area contributed by atoms with Gasteiger partial charge in [0.1, 0.15) is 0 Å². The predicted octanol–water partition coefficient (Wildman–Crippen LogP) is 6.20. The third-order valence-corrected chi connectivity index (χ3v) is 5.43. The first-order valence-electron chi connectivity index (χ1n) is 7.66. The Morgan fingerprint density at radius 1 is 0.857 bits per heavy atom. The zero-order chi connectivity index (χ0) is 14.0. The second kappa shape index (κ2) is 4.11. The fourth-order valence-corrected chi connectivity index (χ4v) is 4.50. The van der Waals surface area contributed by atoms with E-state index in [0.29, 0.717) is 0 Å². The van der Waals surface area contributed by atoms with Crippen LogP contribution in [0.4, 0.5) is 0 Å². The summed E-state index contributed by atoms with van der Waals surface area (Å²) in [5, 5.41) is 8.34. The molecule has 1 atom stereocenters. The van der Waals surface area contributed by atoms with Gasteiger partial charge in [0, 0.05) is 0 Å². The maximum absolute atomic E-state index is 6.67. The first-order chi connectivity index (χ1) is 10.3. The van der Waals surface area contributed by atoms with Crippen molar-refractivity contribution in [3.8, 4) is 0 Å². The summed E-state index contributed by atoms with van der Waals surface area (Å²) in [6.45, 7) is 0. The van der Waals surface area contributed by atoms with Gasteiger partial charge in [-0.05, 0) is 62.7 Å². The van der Waals surface area contributed by atoms with Crippen molar-refractivity contribution < 1.29 is 0 Å². The van der Waals surface area contributed by atoms with Crippen molar-refractivity contribution >= 4 is 43.9 Å². The van der Waals surface area contributed by atoms with E-state index in [4.69, 9.17) is 11.6 Å². The van der Waals surface area contributed by atoms with Crippen LogP contribution >= 0.6 is 11.6 Å². The van der Waals surface area contributed by atoms with Gasteiger partial charge in [0.05, 0.1) is 5.38 Å². The largest absolute Gasteiger partial charge is 0.118 e. The van der Waals surface area contributed by atoms with Crippen LogP contribution in [0.5, 0.6) is 0 Å². The molecule has 0 spiro atoms. The summed E-state index contributed by atoms with van der Waals surface area (Å²) < 4.78 is 0. The first kappa shape index (κ1) is 11.8. The van der Waals surface area contributed by atoms with Crippen molar-refractivity contribution in [2.75, 3.05) is 0 Å². The van der Waals surface area contributed by atoms with Crippen LogP contribution in [-0.4, -0.2) is 0 Å². The number of hydrogen-bond acceptors (Lipinski definition) is 0. The molecular weight excluding hydrogens is 276 g/mol. The van der Waals surface area contributed by atoms with E-state index in [1.54, 1.807) is 0 Å². The molecule has 5 rings (SSSR count). The molecule has 102 valence electrons. The molecule has 1 aliphatic rings. The van der Waals surface area contributed by atoms with Crippen LogP contribution in [0, 0.1) is 0 Å². The Morgan fingerprint density at radius 3 is 2.48 bits per heavy atom. The summed E-state index contributed by atoms with van der Waals surface area (Å²) in [6.07, 6.45) is 3.46. The molecule has 0 N–H and O–H groups in total. The average Bonchev–Trinajstić information content (AvgIpc) is 2.52. The Labute approximate surface area is 128 Å². The van der Waals surface area contributed by atoms with Crippen molar-refractivity contribution in [3.05, 3.63) is 59.7 Å². The lowest BCUT2D eigenvalue weighted by Crippen LogP contribution is -2.06. The van der Waals surface area contributed by atoms with Gasteiger partial charge in [0.15, 0.2) is 0 Å². The number of hydrogen-bond donors (Lipinski definition) is 0. The zero-order valence-electron chi connectivity index (χ0n) is 11.7. The lowest BCUT2D eigenvalue weighted by Gasteiger charge is -2.24. The molecule has 4 aromatic carbocycles. The van der Waals surface area contributed by atoms with E-state index in [1.807, 2.05) is 0 Å². The minimum atomic E-state index is 0.165. The second-order valence-electron chi connectivity index (χ2n) is 6.17. The van der Waals surface area contributed by atoms with Crippen LogP contribution in [0.15, 0.2) is 48.5 Å². The van der Waals surface area contributed by atoms with Gasteiger partial charge in [-0.25, -0.2) is 0 Å². The lowest BCUT2D eigenvalue weighted by molar-refractivity contribution is 0.672. The molecule has 1 heteroatoms. The quantitative estimate of drug-likeness (QED) is 0.267. The van der Waals surface area contributed by atoms with Gasteiger partial charge in [-0.2, -0.15) is 0 Å². The summed E-state index contributed by atoms with van der Waals surface area (Å²) in [6, 6.07) is 18.0. The zero-order valence-corrected chi connectivity index (χ0v) is 12.5. The van der Waals surface area contributed by atoms with E-state index in [0.717, 1.165) is 12.8 Å². The summed E-state index contributed by atoms with van der Waals surface area (Å²) in [5.74, 6) is 0. The third kappa shape index (κ3) is 1.51. The topological polar surface area (TPSA) is 0 Å². The van der Waals surface area contributed by atoms with Gasteiger partial charge in [-0.15, -0.1) is 11.6 Å². The fraction of sp³-hybridized carbons (Fsp3) is 0.200. The summed E-state index contributed by atoms with van der Waals surface area (Å²) in [7, 11) is 0. The van der Waals surface area contributed by atoms with Gasteiger partial charge in [0.2, 0.25) is 0 Å². The summed E-state index contributed by atoms with van der Waals surface area (Å²) in [4.78, 5) is 0. The van der Waals surface area contributed by atoms with Crippen molar-refractivity contribution in [2.24, 2.45) is 0 Å². The van der Waals surface area contributed by atoms with Crippen LogP contribution in [0.25, 0.3) is 32.3 Å². The lowest BCUT2D eigenvalue weighted by atomic mass is 9.83. The number of halogens is 1. The van der Waals surface area contributed by atoms with E-state index in [9.17, 15) is 0 Å². The summed E-state index contributed by atoms with van der Waals surface area (Å²) in [5.41, 5.74) is 2.83. The molecule has 0 radical (unpaired) electrons. The van der Waals surface area contributed by atoms with E-state index in [1.165, 1.54) is 49.9 Å². The highest BCUT2D eigenvalue weighted by Crippen LogP contribution is 2.44. The highest BCUT2D eigenvalue weighted by atomic mass is 35.5.